The molecular weight excluding hydrogens is 388 g/mol. The number of ether oxygens (including phenoxy) is 1. The molecule has 0 radical (unpaired) electrons. The fourth-order valence-electron chi connectivity index (χ4n) is 3.77. The molecule has 0 aromatic carbocycles. The number of hydrazone groups is 1. The molecule has 26 heavy (non-hydrogen) atoms. The Bertz CT molecular complexity index is 921. The van der Waals surface area contributed by atoms with Crippen LogP contribution in [0.2, 0.25) is 0 Å². The first-order chi connectivity index (χ1) is 12.6. The molecule has 0 aliphatic carbocycles. The molecule has 2 aromatic rings. The van der Waals surface area contributed by atoms with Crippen LogP contribution in [0.15, 0.2) is 10.3 Å². The molecule has 138 valence electrons. The Labute approximate surface area is 164 Å². The van der Waals surface area contributed by atoms with Crippen LogP contribution in [0.3, 0.4) is 0 Å². The highest BCUT2D eigenvalue weighted by molar-refractivity contribution is 8.13. The molecule has 5 rings (SSSR count). The third-order valence-electron chi connectivity index (χ3n) is 5.38. The number of amidine groups is 1. The monoisotopic (exact) mass is 408 g/mol. The zero-order valence-electron chi connectivity index (χ0n) is 15.1. The molecule has 5 heterocycles. The van der Waals surface area contributed by atoms with Gasteiger partial charge in [0.25, 0.3) is 0 Å². The lowest BCUT2D eigenvalue weighted by atomic mass is 9.88. The van der Waals surface area contributed by atoms with Crippen molar-refractivity contribution >= 4 is 46.0 Å². The molecule has 3 aliphatic heterocycles. The molecule has 2 atom stereocenters. The summed E-state index contributed by atoms with van der Waals surface area (Å²) in [6, 6.07) is 0. The van der Waals surface area contributed by atoms with Crippen molar-refractivity contribution in [2.45, 2.75) is 50.2 Å². The number of nitrogens with one attached hydrogen (secondary N) is 1. The van der Waals surface area contributed by atoms with Crippen LogP contribution >= 0.6 is 34.9 Å². The average Bonchev–Trinajstić information content (AvgIpc) is 3.34. The van der Waals surface area contributed by atoms with Crippen LogP contribution in [0.1, 0.15) is 42.4 Å². The van der Waals surface area contributed by atoms with Crippen LogP contribution in [0, 0.1) is 0 Å². The van der Waals surface area contributed by atoms with Crippen LogP contribution in [0.5, 0.6) is 0 Å². The van der Waals surface area contributed by atoms with E-state index in [-0.39, 0.29) is 11.8 Å². The first kappa shape index (κ1) is 16.9. The number of thioether (sulfide) groups is 2. The number of thiophene rings is 1. The Morgan fingerprint density at radius 1 is 1.35 bits per heavy atom. The van der Waals surface area contributed by atoms with E-state index < -0.39 is 0 Å². The Hall–Kier alpha value is -1.23. The molecule has 1 N–H and O–H groups in total. The van der Waals surface area contributed by atoms with Crippen molar-refractivity contribution in [1.82, 2.24) is 20.2 Å². The first-order valence-electron chi connectivity index (χ1n) is 8.55. The molecule has 2 aromatic heterocycles. The third kappa shape index (κ3) is 2.15. The van der Waals surface area contributed by atoms with Crippen molar-refractivity contribution < 1.29 is 4.74 Å². The van der Waals surface area contributed by atoms with Gasteiger partial charge in [0.1, 0.15) is 5.00 Å². The fourth-order valence-corrected chi connectivity index (χ4v) is 6.09. The second-order valence-electron chi connectivity index (χ2n) is 6.81. The zero-order chi connectivity index (χ0) is 18.1. The average molecular weight is 409 g/mol. The highest BCUT2D eigenvalue weighted by atomic mass is 32.2. The van der Waals surface area contributed by atoms with Crippen molar-refractivity contribution in [1.29, 1.82) is 0 Å². The van der Waals surface area contributed by atoms with Crippen LogP contribution in [-0.2, 0) is 17.8 Å². The van der Waals surface area contributed by atoms with Crippen molar-refractivity contribution in [3.63, 3.8) is 0 Å². The van der Waals surface area contributed by atoms with Gasteiger partial charge in [-0.15, -0.1) is 21.5 Å². The Morgan fingerprint density at radius 3 is 2.92 bits per heavy atom. The largest absolute Gasteiger partial charge is 0.369 e. The summed E-state index contributed by atoms with van der Waals surface area (Å²) < 4.78 is 8.38. The minimum atomic E-state index is -0.107. The second-order valence-corrected chi connectivity index (χ2v) is 9.44. The topological polar surface area (TPSA) is 67.6 Å². The smallest absolute Gasteiger partial charge is 0.241 e. The van der Waals surface area contributed by atoms with Gasteiger partial charge < -0.3 is 4.74 Å². The predicted octanol–water partition coefficient (Wildman–Crippen LogP) is 3.35. The van der Waals surface area contributed by atoms with Gasteiger partial charge in [-0.3, -0.25) is 10.3 Å². The van der Waals surface area contributed by atoms with Crippen LogP contribution in [0.4, 0.5) is 5.95 Å². The SMILES string of the molecule is CC[C@]1(C)Cc2c(sc3c2C2NN=C(SC)N2c2nnc(SC)n2-3)CO1. The van der Waals surface area contributed by atoms with E-state index in [0.29, 0.717) is 6.61 Å². The van der Waals surface area contributed by atoms with E-state index in [1.165, 1.54) is 21.0 Å². The lowest BCUT2D eigenvalue weighted by Gasteiger charge is -2.35. The predicted molar refractivity (Wildman–Crippen MR) is 108 cm³/mol. The standard InChI is InChI=1S/C16H20N6OS3/c1-5-16(2)6-8-9(7-23-16)26-12-10(8)11-17-19-14(24-3)21(11)13-18-20-15(25-4)22(12)13/h11,17H,5-7H2,1-4H3/t11?,16-/m1/s1. The summed E-state index contributed by atoms with van der Waals surface area (Å²) >= 11 is 5.04. The summed E-state index contributed by atoms with van der Waals surface area (Å²) in [4.78, 5) is 3.49. The van der Waals surface area contributed by atoms with E-state index in [1.54, 1.807) is 34.9 Å². The molecule has 0 saturated carbocycles. The maximum Gasteiger partial charge on any atom is 0.241 e. The quantitative estimate of drug-likeness (QED) is 0.764. The molecular formula is C16H20N6OS3. The van der Waals surface area contributed by atoms with Gasteiger partial charge in [0.05, 0.1) is 12.2 Å². The molecule has 3 aliphatic rings. The van der Waals surface area contributed by atoms with Gasteiger partial charge in [-0.2, -0.15) is 5.10 Å². The number of fused-ring (bicyclic) bond motifs is 8. The summed E-state index contributed by atoms with van der Waals surface area (Å²) in [5, 5.41) is 16.5. The van der Waals surface area contributed by atoms with Gasteiger partial charge >= 0.3 is 0 Å². The van der Waals surface area contributed by atoms with E-state index in [4.69, 9.17) is 4.74 Å². The molecule has 0 fully saturated rings. The maximum absolute atomic E-state index is 6.20. The Balaban J connectivity index is 1.74. The van der Waals surface area contributed by atoms with Crippen molar-refractivity contribution in [2.24, 2.45) is 5.10 Å². The number of hydrogen-bond acceptors (Lipinski definition) is 9. The lowest BCUT2D eigenvalue weighted by molar-refractivity contribution is -0.0549. The fraction of sp³-hybridized carbons (Fsp3) is 0.562. The van der Waals surface area contributed by atoms with Crippen molar-refractivity contribution in [3.05, 3.63) is 16.0 Å². The Morgan fingerprint density at radius 2 is 2.19 bits per heavy atom. The first-order valence-corrected chi connectivity index (χ1v) is 11.8. The van der Waals surface area contributed by atoms with E-state index in [2.05, 4.69) is 44.0 Å². The summed E-state index contributed by atoms with van der Waals surface area (Å²) in [6.45, 7) is 5.08. The number of anilines is 1. The van der Waals surface area contributed by atoms with Gasteiger partial charge in [-0.25, -0.2) is 4.57 Å². The van der Waals surface area contributed by atoms with E-state index in [1.807, 2.05) is 12.5 Å². The molecule has 0 amide bonds. The van der Waals surface area contributed by atoms with Gasteiger partial charge in [-0.05, 0) is 31.4 Å². The molecule has 0 bridgehead atoms. The van der Waals surface area contributed by atoms with Crippen molar-refractivity contribution in [3.8, 4) is 5.00 Å². The second kappa shape index (κ2) is 5.88. The minimum absolute atomic E-state index is 0.0157. The third-order valence-corrected chi connectivity index (χ3v) is 7.87. The number of hydrogen-bond donors (Lipinski definition) is 1. The molecule has 0 saturated heterocycles. The van der Waals surface area contributed by atoms with Gasteiger partial charge in [0.2, 0.25) is 5.95 Å². The van der Waals surface area contributed by atoms with E-state index in [9.17, 15) is 0 Å². The molecule has 1 unspecified atom stereocenters. The van der Waals surface area contributed by atoms with Crippen LogP contribution in [-0.4, -0.2) is 38.0 Å². The zero-order valence-corrected chi connectivity index (χ0v) is 17.5. The number of rotatable bonds is 2. The maximum atomic E-state index is 6.20. The lowest BCUT2D eigenvalue weighted by Crippen LogP contribution is -2.39. The number of aromatic nitrogens is 3. The normalized spacial score (nSPS) is 25.9. The molecule has 0 spiro atoms. The summed E-state index contributed by atoms with van der Waals surface area (Å²) in [5.41, 5.74) is 5.95. The Kier molecular flexibility index (Phi) is 3.83. The van der Waals surface area contributed by atoms with E-state index >= 15 is 0 Å². The van der Waals surface area contributed by atoms with Crippen LogP contribution in [0.25, 0.3) is 5.00 Å². The van der Waals surface area contributed by atoms with Gasteiger partial charge in [-0.1, -0.05) is 30.4 Å². The molecule has 7 nitrogen and oxygen atoms in total. The summed E-state index contributed by atoms with van der Waals surface area (Å²) in [6.07, 6.45) is 5.99. The van der Waals surface area contributed by atoms with Crippen LogP contribution < -0.4 is 10.3 Å². The van der Waals surface area contributed by atoms with Gasteiger partial charge in [0.15, 0.2) is 16.5 Å². The van der Waals surface area contributed by atoms with Crippen molar-refractivity contribution in [2.75, 3.05) is 17.4 Å². The minimum Gasteiger partial charge on any atom is -0.369 e. The summed E-state index contributed by atoms with van der Waals surface area (Å²) in [7, 11) is 0. The number of nitrogens with zero attached hydrogens (tertiary/aromatic N) is 5. The van der Waals surface area contributed by atoms with Gasteiger partial charge in [0, 0.05) is 16.9 Å². The van der Waals surface area contributed by atoms with E-state index in [0.717, 1.165) is 29.1 Å². The summed E-state index contributed by atoms with van der Waals surface area (Å²) in [5.74, 6) is 0.836. The highest BCUT2D eigenvalue weighted by Crippen LogP contribution is 2.50. The molecule has 10 heteroatoms. The highest BCUT2D eigenvalue weighted by Gasteiger charge is 2.45.